The van der Waals surface area contributed by atoms with E-state index in [1.807, 2.05) is 6.07 Å². The zero-order valence-corrected chi connectivity index (χ0v) is 16.7. The molecular weight excluding hydrogens is 332 g/mol. The number of nitrogens with one attached hydrogen (secondary N) is 1. The number of ether oxygens (including phenoxy) is 1. The molecule has 1 heterocycles. The first-order chi connectivity index (χ1) is 13.2. The Morgan fingerprint density at radius 2 is 1.85 bits per heavy atom. The minimum Gasteiger partial charge on any atom is -0.493 e. The van der Waals surface area contributed by atoms with Crippen molar-refractivity contribution in [2.45, 2.75) is 58.4 Å². The van der Waals surface area contributed by atoms with Gasteiger partial charge in [0.2, 0.25) is 0 Å². The van der Waals surface area contributed by atoms with Crippen molar-refractivity contribution in [3.05, 3.63) is 65.2 Å². The summed E-state index contributed by atoms with van der Waals surface area (Å²) < 4.78 is 6.16. The van der Waals surface area contributed by atoms with E-state index in [4.69, 9.17) is 9.73 Å². The molecule has 0 aromatic heterocycles. The number of benzene rings is 2. The fourth-order valence-corrected chi connectivity index (χ4v) is 3.55. The van der Waals surface area contributed by atoms with Gasteiger partial charge < -0.3 is 10.1 Å². The third-order valence-electron chi connectivity index (χ3n) is 5.13. The van der Waals surface area contributed by atoms with Crippen molar-refractivity contribution in [1.29, 1.82) is 0 Å². The molecule has 1 atom stereocenters. The fraction of sp³-hybridized carbons (Fsp3) is 0.458. The van der Waals surface area contributed by atoms with Gasteiger partial charge in [0.1, 0.15) is 5.75 Å². The number of hydrogen-bond donors (Lipinski definition) is 1. The van der Waals surface area contributed by atoms with Gasteiger partial charge in [-0.25, -0.2) is 0 Å². The summed E-state index contributed by atoms with van der Waals surface area (Å²) in [6.07, 6.45) is 7.08. The van der Waals surface area contributed by atoms with Crippen molar-refractivity contribution >= 4 is 5.84 Å². The van der Waals surface area contributed by atoms with E-state index in [-0.39, 0.29) is 6.04 Å². The van der Waals surface area contributed by atoms with Crippen molar-refractivity contribution < 1.29 is 4.74 Å². The van der Waals surface area contributed by atoms with E-state index < -0.39 is 0 Å². The normalized spacial score (nSPS) is 17.6. The number of rotatable bonds is 6. The Morgan fingerprint density at radius 3 is 2.70 bits per heavy atom. The molecule has 1 aliphatic heterocycles. The third-order valence-corrected chi connectivity index (χ3v) is 5.13. The molecule has 0 amide bonds. The second-order valence-corrected chi connectivity index (χ2v) is 7.47. The summed E-state index contributed by atoms with van der Waals surface area (Å²) in [5.74, 6) is 2.11. The zero-order valence-electron chi connectivity index (χ0n) is 16.7. The van der Waals surface area contributed by atoms with Gasteiger partial charge in [0.15, 0.2) is 0 Å². The largest absolute Gasteiger partial charge is 0.493 e. The summed E-state index contributed by atoms with van der Waals surface area (Å²) in [5.41, 5.74) is 3.73. The second kappa shape index (κ2) is 10.1. The topological polar surface area (TPSA) is 33.6 Å². The summed E-state index contributed by atoms with van der Waals surface area (Å²) in [6.45, 7) is 6.03. The van der Waals surface area contributed by atoms with Crippen LogP contribution in [-0.2, 0) is 6.42 Å². The molecule has 3 heteroatoms. The lowest BCUT2D eigenvalue weighted by Gasteiger charge is -2.19. The van der Waals surface area contributed by atoms with Gasteiger partial charge in [-0.3, -0.25) is 4.99 Å². The van der Waals surface area contributed by atoms with E-state index in [9.17, 15) is 0 Å². The first-order valence-electron chi connectivity index (χ1n) is 10.3. The molecule has 144 valence electrons. The Labute approximate surface area is 163 Å². The first kappa shape index (κ1) is 19.5. The van der Waals surface area contributed by atoms with Crippen LogP contribution in [0.25, 0.3) is 0 Å². The molecular formula is C24H32N2O. The van der Waals surface area contributed by atoms with Gasteiger partial charge in [0.05, 0.1) is 18.5 Å². The van der Waals surface area contributed by atoms with Crippen molar-refractivity contribution in [1.82, 2.24) is 5.32 Å². The molecule has 1 N–H and O–H groups in total. The van der Waals surface area contributed by atoms with E-state index in [1.54, 1.807) is 0 Å². The molecule has 0 saturated carbocycles. The molecule has 0 bridgehead atoms. The van der Waals surface area contributed by atoms with Crippen LogP contribution in [0.4, 0.5) is 0 Å². The SMILES string of the molecule is Cc1ccc(OCCc2ccccc2)c(C(C)N=C2CCCCCCN2)c1. The van der Waals surface area contributed by atoms with Crippen LogP contribution in [0.3, 0.4) is 0 Å². The number of aliphatic imine (C=N–C) groups is 1. The molecule has 0 aliphatic carbocycles. The molecule has 3 rings (SSSR count). The fourth-order valence-electron chi connectivity index (χ4n) is 3.55. The first-order valence-corrected chi connectivity index (χ1v) is 10.3. The Morgan fingerprint density at radius 1 is 1.04 bits per heavy atom. The van der Waals surface area contributed by atoms with Crippen molar-refractivity contribution in [3.8, 4) is 5.75 Å². The highest BCUT2D eigenvalue weighted by atomic mass is 16.5. The number of hydrogen-bond acceptors (Lipinski definition) is 2. The van der Waals surface area contributed by atoms with Gasteiger partial charge in [0, 0.05) is 24.9 Å². The van der Waals surface area contributed by atoms with E-state index in [1.165, 1.54) is 42.4 Å². The van der Waals surface area contributed by atoms with Gasteiger partial charge in [-0.15, -0.1) is 0 Å². The van der Waals surface area contributed by atoms with E-state index in [0.717, 1.165) is 31.0 Å². The average molecular weight is 365 g/mol. The molecule has 2 aromatic carbocycles. The van der Waals surface area contributed by atoms with Crippen LogP contribution in [0, 0.1) is 6.92 Å². The van der Waals surface area contributed by atoms with Crippen LogP contribution in [0.1, 0.15) is 61.8 Å². The number of aryl methyl sites for hydroxylation is 1. The number of amidine groups is 1. The van der Waals surface area contributed by atoms with Crippen LogP contribution in [0.2, 0.25) is 0 Å². The summed E-state index contributed by atoms with van der Waals surface area (Å²) in [6, 6.07) is 17.0. The van der Waals surface area contributed by atoms with Crippen LogP contribution < -0.4 is 10.1 Å². The standard InChI is InChI=1S/C24H32N2O/c1-19-13-14-23(27-17-15-21-10-6-5-7-11-21)22(18-19)20(2)26-24-12-8-3-4-9-16-25-24/h5-7,10-11,13-14,18,20H,3-4,8-9,12,15-17H2,1-2H3,(H,25,26). The molecule has 3 nitrogen and oxygen atoms in total. The lowest BCUT2D eigenvalue weighted by Crippen LogP contribution is -2.26. The second-order valence-electron chi connectivity index (χ2n) is 7.47. The smallest absolute Gasteiger partial charge is 0.124 e. The van der Waals surface area contributed by atoms with Gasteiger partial charge >= 0.3 is 0 Å². The summed E-state index contributed by atoms with van der Waals surface area (Å²) >= 11 is 0. The van der Waals surface area contributed by atoms with Gasteiger partial charge in [0.25, 0.3) is 0 Å². The maximum atomic E-state index is 6.16. The van der Waals surface area contributed by atoms with Gasteiger partial charge in [-0.2, -0.15) is 0 Å². The molecule has 27 heavy (non-hydrogen) atoms. The molecule has 1 fully saturated rings. The van der Waals surface area contributed by atoms with E-state index in [2.05, 4.69) is 61.6 Å². The predicted molar refractivity (Wildman–Crippen MR) is 114 cm³/mol. The van der Waals surface area contributed by atoms with Gasteiger partial charge in [-0.1, -0.05) is 60.9 Å². The van der Waals surface area contributed by atoms with Crippen molar-refractivity contribution in [3.63, 3.8) is 0 Å². The van der Waals surface area contributed by atoms with Crippen LogP contribution in [0.5, 0.6) is 5.75 Å². The molecule has 1 aliphatic rings. The maximum Gasteiger partial charge on any atom is 0.124 e. The molecule has 2 aromatic rings. The zero-order chi connectivity index (χ0) is 18.9. The molecule has 0 spiro atoms. The molecule has 0 radical (unpaired) electrons. The molecule has 1 saturated heterocycles. The average Bonchev–Trinajstić information content (AvgIpc) is 2.66. The van der Waals surface area contributed by atoms with E-state index in [0.29, 0.717) is 6.61 Å². The monoisotopic (exact) mass is 364 g/mol. The predicted octanol–water partition coefficient (Wildman–Crippen LogP) is 5.63. The van der Waals surface area contributed by atoms with Crippen molar-refractivity contribution in [2.24, 2.45) is 4.99 Å². The highest BCUT2D eigenvalue weighted by Gasteiger charge is 2.13. The highest BCUT2D eigenvalue weighted by Crippen LogP contribution is 2.29. The minimum absolute atomic E-state index is 0.0959. The summed E-state index contributed by atoms with van der Waals surface area (Å²) in [5, 5.41) is 3.53. The summed E-state index contributed by atoms with van der Waals surface area (Å²) in [7, 11) is 0. The van der Waals surface area contributed by atoms with Crippen LogP contribution in [-0.4, -0.2) is 19.0 Å². The lowest BCUT2D eigenvalue weighted by atomic mass is 10.0. The Kier molecular flexibility index (Phi) is 7.32. The molecule has 1 unspecified atom stereocenters. The Hall–Kier alpha value is -2.29. The van der Waals surface area contributed by atoms with Crippen LogP contribution >= 0.6 is 0 Å². The van der Waals surface area contributed by atoms with Gasteiger partial charge in [-0.05, 0) is 38.3 Å². The number of nitrogens with zero attached hydrogens (tertiary/aromatic N) is 1. The third kappa shape index (κ3) is 6.13. The Balaban J connectivity index is 1.68. The van der Waals surface area contributed by atoms with E-state index >= 15 is 0 Å². The highest BCUT2D eigenvalue weighted by molar-refractivity contribution is 5.82. The maximum absolute atomic E-state index is 6.16. The quantitative estimate of drug-likeness (QED) is 0.721. The minimum atomic E-state index is 0.0959. The Bertz CT molecular complexity index is 729. The van der Waals surface area contributed by atoms with Crippen LogP contribution in [0.15, 0.2) is 53.5 Å². The lowest BCUT2D eigenvalue weighted by molar-refractivity contribution is 0.317. The van der Waals surface area contributed by atoms with Crippen molar-refractivity contribution in [2.75, 3.05) is 13.2 Å². The summed E-state index contributed by atoms with van der Waals surface area (Å²) in [4.78, 5) is 5.00.